The van der Waals surface area contributed by atoms with Gasteiger partial charge in [0.05, 0.1) is 36.4 Å². The van der Waals surface area contributed by atoms with Crippen molar-refractivity contribution >= 4 is 106 Å². The number of phosphoric ester groups is 1. The number of phosphoric acid groups is 3. The minimum atomic E-state index is -5.82. The number of amides is 2. The number of aromatic nitrogens is 2. The van der Waals surface area contributed by atoms with Gasteiger partial charge < -0.3 is 70.7 Å². The van der Waals surface area contributed by atoms with E-state index in [4.69, 9.17) is 76.1 Å². The van der Waals surface area contributed by atoms with Crippen LogP contribution < -0.4 is 43.9 Å². The number of hydrogen-bond donors (Lipinski definition) is 11. The van der Waals surface area contributed by atoms with Crippen LogP contribution in [0.15, 0.2) is 81.7 Å². The first-order valence-electron chi connectivity index (χ1n) is 24.0. The third-order valence-electron chi connectivity index (χ3n) is 10.9. The van der Waals surface area contributed by atoms with E-state index in [0.717, 1.165) is 23.2 Å². The van der Waals surface area contributed by atoms with Crippen LogP contribution in [0, 0.1) is 11.8 Å². The number of carboxylic acid groups (broad SMARTS) is 1. The topological polar surface area (TPSA) is 555 Å². The molecular formula is C44H53N11O24P3S4+. The number of anilines is 2. The molecule has 0 bridgehead atoms. The zero-order valence-corrected chi connectivity index (χ0v) is 50.1. The number of urea groups is 1. The Bertz CT molecular complexity index is 3820. The molecule has 14 N–H and O–H groups in total. The molecule has 0 spiro atoms. The predicted molar refractivity (Wildman–Crippen MR) is 304 cm³/mol. The van der Waals surface area contributed by atoms with Gasteiger partial charge in [0.1, 0.15) is 42.2 Å². The summed E-state index contributed by atoms with van der Waals surface area (Å²) in [7, 11) is -20.1. The molecule has 1 saturated heterocycles. The number of rotatable bonds is 28. The molecule has 3 aromatic rings. The Hall–Kier alpha value is -7.01. The number of carbonyl (C=O) groups excluding carboxylic acids is 1. The Morgan fingerprint density at radius 2 is 1.65 bits per heavy atom. The molecule has 1 fully saturated rings. The quantitative estimate of drug-likeness (QED) is 0.00326. The number of nitrogens with two attached hydrogens (primary N) is 3. The van der Waals surface area contributed by atoms with Gasteiger partial charge in [-0.1, -0.05) is 51.2 Å². The maximum Gasteiger partial charge on any atom is 0.490 e. The average Bonchev–Trinajstić information content (AvgIpc) is 0.907. The molecule has 2 aliphatic heterocycles. The number of carboxylic acids is 1. The van der Waals surface area contributed by atoms with Crippen molar-refractivity contribution in [2.24, 2.45) is 5.11 Å². The van der Waals surface area contributed by atoms with Crippen molar-refractivity contribution < 1.29 is 110 Å². The Balaban J connectivity index is 0.00000186. The summed E-state index contributed by atoms with van der Waals surface area (Å²) in [6.45, 7) is 4.07. The third-order valence-corrected chi connectivity index (χ3v) is 16.8. The molecule has 5 atom stereocenters. The van der Waals surface area contributed by atoms with Crippen LogP contribution in [0.3, 0.4) is 0 Å². The minimum absolute atomic E-state index is 0.0455. The summed E-state index contributed by atoms with van der Waals surface area (Å²) in [6, 6.07) is 15.1. The maximum atomic E-state index is 12.8. The van der Waals surface area contributed by atoms with Crippen molar-refractivity contribution in [1.82, 2.24) is 25.5 Å². The lowest BCUT2D eigenvalue weighted by Gasteiger charge is -2.21. The Kier molecular flexibility index (Phi) is 28.6. The monoisotopic (exact) mass is 1340 g/mol. The molecule has 2 amide bonds. The second-order valence-electron chi connectivity index (χ2n) is 16.9. The predicted octanol–water partition coefficient (Wildman–Crippen LogP) is 2.00. The largest absolute Gasteiger partial charge is 0.490 e. The lowest BCUT2D eigenvalue weighted by atomic mass is 9.89. The molecule has 3 unspecified atom stereocenters. The number of nitrogens with zero attached hydrogens (tertiary/aromatic N) is 5. The van der Waals surface area contributed by atoms with Crippen LogP contribution in [0.1, 0.15) is 53.4 Å². The summed E-state index contributed by atoms with van der Waals surface area (Å²) in [4.78, 5) is 80.8. The first-order chi connectivity index (χ1) is 40.5. The summed E-state index contributed by atoms with van der Waals surface area (Å²) >= 11 is 0. The van der Waals surface area contributed by atoms with Crippen molar-refractivity contribution in [3.63, 3.8) is 0 Å². The zero-order valence-electron chi connectivity index (χ0n) is 44.1. The highest BCUT2D eigenvalue weighted by Gasteiger charge is 2.44. The molecule has 86 heavy (non-hydrogen) atoms. The number of fused-ring (bicyclic) bond motifs is 2. The number of nitrogen functional groups attached to an aromatic ring is 2. The molecule has 1 aliphatic carbocycles. The SMILES string of the molecule is C=C(NCCSSCOCCCCCNC(=O)NCC#Cc1cn([C@H]2CC(OCN=[N+]=[N-])[C@@H](COP(=O)(O)OP(=O)(O)OP(=O)(O)O)O2)c(=O)nc1N)c1ccc(C(=O)O)c(-c2c3ccc(=[NH2+])cc-3oc3cc(N)ccc23)c1.O=S(=O)=O.O=S(=O)=O. The summed E-state index contributed by atoms with van der Waals surface area (Å²) in [5.74, 6) is 5.73. The van der Waals surface area contributed by atoms with E-state index in [0.29, 0.717) is 87.8 Å². The second kappa shape index (κ2) is 34.4. The molecular weight excluding hydrogens is 1290 g/mol. The molecule has 3 aliphatic rings. The van der Waals surface area contributed by atoms with Crippen molar-refractivity contribution in [1.29, 1.82) is 0 Å². The number of nitrogens with one attached hydrogen (secondary N) is 3. The fourth-order valence-electron chi connectivity index (χ4n) is 7.51. The smallest absolute Gasteiger partial charge is 0.478 e. The van der Waals surface area contributed by atoms with Crippen LogP contribution in [-0.4, -0.2) is 135 Å². The number of aromatic carboxylic acids is 1. The highest BCUT2D eigenvalue weighted by Crippen LogP contribution is 2.66. The van der Waals surface area contributed by atoms with Gasteiger partial charge in [0.2, 0.25) is 0 Å². The number of unbranched alkanes of at least 4 members (excludes halogenated alkanes) is 2. The van der Waals surface area contributed by atoms with Gasteiger partial charge in [-0.15, -0.1) is 25.3 Å². The fourth-order valence-corrected chi connectivity index (χ4v) is 12.1. The summed E-state index contributed by atoms with van der Waals surface area (Å²) in [5, 5.41) is 29.3. The number of azide groups is 1. The fraction of sp³-hybridized carbons (Fsp3) is 0.341. The van der Waals surface area contributed by atoms with E-state index in [9.17, 15) is 43.0 Å². The van der Waals surface area contributed by atoms with Crippen LogP contribution in [0.5, 0.6) is 0 Å². The van der Waals surface area contributed by atoms with Gasteiger partial charge in [0, 0.05) is 83.0 Å². The van der Waals surface area contributed by atoms with Crippen LogP contribution >= 0.6 is 45.1 Å². The van der Waals surface area contributed by atoms with Crippen LogP contribution in [0.4, 0.5) is 16.3 Å². The van der Waals surface area contributed by atoms with E-state index in [1.807, 2.05) is 12.1 Å². The number of hydrogen-bond acceptors (Lipinski definition) is 26. The van der Waals surface area contributed by atoms with Crippen LogP contribution in [0.25, 0.3) is 49.6 Å². The van der Waals surface area contributed by atoms with E-state index in [1.165, 1.54) is 6.20 Å². The summed E-state index contributed by atoms with van der Waals surface area (Å²) in [6.07, 6.45) is -0.434. The number of benzene rings is 3. The van der Waals surface area contributed by atoms with Crippen molar-refractivity contribution in [2.45, 2.75) is 44.1 Å². The summed E-state index contributed by atoms with van der Waals surface area (Å²) < 4.78 is 122. The van der Waals surface area contributed by atoms with Gasteiger partial charge in [-0.05, 0) is 66.3 Å². The lowest BCUT2D eigenvalue weighted by molar-refractivity contribution is -0.172. The standard InChI is InChI=1S/C44H52N11O18P3S2.2O3S/c1-26(27-7-10-31(42(56)57)34(18-27)40-32-11-8-29(45)19-35(32)70-36-20-30(46)9-12-33(36)40)49-15-17-77-78-25-67-16-4-2-3-13-50-43(58)51-14-5-6-28-22-55(44(59)53-41(28)47)39-21-37(68-24-52-54-48)38(71-39)23-69-75(63,64)73-76(65,66)72-74(60,61)62;2*1-4(2)3/h7-12,18-20,22,37-39,45,49H,1-4,13-17,21,23-25,46H2,(H,56,57)(H,63,64)(H,65,66)(H2,47,53,59)(H2,50,51,58)(H2,60,61,62);;/p+1/t37?,38-,39-;;/m1../s1. The highest BCUT2D eigenvalue weighted by molar-refractivity contribution is 8.76. The third kappa shape index (κ3) is 24.8. The molecule has 0 radical (unpaired) electrons. The first-order valence-corrected chi connectivity index (χ1v) is 33.0. The second-order valence-corrected chi connectivity index (χ2v) is 24.6. The molecule has 0 saturated carbocycles. The van der Waals surface area contributed by atoms with Crippen molar-refractivity contribution in [3.05, 3.63) is 110 Å². The Morgan fingerprint density at radius 3 is 2.34 bits per heavy atom. The molecule has 35 nitrogen and oxygen atoms in total. The van der Waals surface area contributed by atoms with Crippen LogP contribution in [0.2, 0.25) is 0 Å². The van der Waals surface area contributed by atoms with Gasteiger partial charge in [0.25, 0.3) is 0 Å². The van der Waals surface area contributed by atoms with Crippen molar-refractivity contribution in [2.75, 3.05) is 62.7 Å². The van der Waals surface area contributed by atoms with E-state index in [1.54, 1.807) is 64.1 Å². The number of ether oxygens (including phenoxy) is 3. The van der Waals surface area contributed by atoms with E-state index in [-0.39, 0.29) is 29.9 Å². The average molecular weight is 1340 g/mol. The van der Waals surface area contributed by atoms with Gasteiger partial charge in [-0.25, -0.2) is 28.1 Å². The van der Waals surface area contributed by atoms with Gasteiger partial charge >= 0.3 is 62.4 Å². The van der Waals surface area contributed by atoms with Gasteiger partial charge in [-0.3, -0.25) is 14.5 Å². The normalized spacial score (nSPS) is 15.8. The summed E-state index contributed by atoms with van der Waals surface area (Å²) in [5.41, 5.74) is 24.0. The van der Waals surface area contributed by atoms with Gasteiger partial charge in [-0.2, -0.15) is 13.6 Å². The molecule has 2 aromatic carbocycles. The Labute approximate surface area is 496 Å². The Morgan fingerprint density at radius 1 is 0.930 bits per heavy atom. The molecule has 42 heteroatoms. The van der Waals surface area contributed by atoms with E-state index < -0.39 is 94.1 Å². The minimum Gasteiger partial charge on any atom is -0.478 e. The van der Waals surface area contributed by atoms with Gasteiger partial charge in [0.15, 0.2) is 5.36 Å². The molecule has 466 valence electrons. The van der Waals surface area contributed by atoms with E-state index in [2.05, 4.69) is 62.5 Å². The molecule has 1 aromatic heterocycles. The number of carbonyl (C=O) groups is 2. The first kappa shape index (κ1) is 71.5. The molecule has 3 heterocycles. The van der Waals surface area contributed by atoms with Crippen molar-refractivity contribution in [3.8, 4) is 34.3 Å². The lowest BCUT2D eigenvalue weighted by Crippen LogP contribution is -2.44. The molecule has 6 rings (SSSR count). The zero-order chi connectivity index (χ0) is 63.8. The maximum absolute atomic E-state index is 12.8. The van der Waals surface area contributed by atoms with Crippen LogP contribution in [-0.2, 0) is 62.3 Å². The van der Waals surface area contributed by atoms with E-state index >= 15 is 0 Å². The highest BCUT2D eigenvalue weighted by atomic mass is 33.1.